The summed E-state index contributed by atoms with van der Waals surface area (Å²) >= 11 is 2.04. The maximum absolute atomic E-state index is 3.95. The molecule has 0 bridgehead atoms. The fraction of sp³-hybridized carbons (Fsp3) is 0.533. The molecule has 1 aromatic heterocycles. The van der Waals surface area contributed by atoms with Crippen LogP contribution in [0.25, 0.3) is 5.69 Å². The van der Waals surface area contributed by atoms with E-state index in [-0.39, 0.29) is 0 Å². The quantitative estimate of drug-likeness (QED) is 0.945. The second-order valence-electron chi connectivity index (χ2n) is 6.27. The minimum atomic E-state index is 0.341. The normalized spacial score (nSPS) is 21.2. The first-order valence-corrected chi connectivity index (χ1v) is 8.40. The highest BCUT2D eigenvalue weighted by atomic mass is 32.2. The number of tetrazole rings is 1. The van der Waals surface area contributed by atoms with E-state index in [1.165, 1.54) is 23.6 Å². The summed E-state index contributed by atoms with van der Waals surface area (Å²) in [5.41, 5.74) is 3.69. The summed E-state index contributed by atoms with van der Waals surface area (Å²) < 4.78 is 1.69. The maximum atomic E-state index is 3.95. The van der Waals surface area contributed by atoms with Crippen LogP contribution in [0.15, 0.2) is 24.5 Å². The van der Waals surface area contributed by atoms with E-state index in [1.54, 1.807) is 11.0 Å². The van der Waals surface area contributed by atoms with Gasteiger partial charge in [-0.15, -0.1) is 5.10 Å². The molecule has 6 heteroatoms. The van der Waals surface area contributed by atoms with Gasteiger partial charge in [0.05, 0.1) is 5.69 Å². The predicted octanol–water partition coefficient (Wildman–Crippen LogP) is 2.91. The number of nitrogens with zero attached hydrogens (tertiary/aromatic N) is 4. The predicted molar refractivity (Wildman–Crippen MR) is 87.0 cm³/mol. The summed E-state index contributed by atoms with van der Waals surface area (Å²) in [5, 5.41) is 15.0. The molecule has 0 saturated carbocycles. The molecule has 1 saturated heterocycles. The summed E-state index contributed by atoms with van der Waals surface area (Å²) in [4.78, 5) is 0. The van der Waals surface area contributed by atoms with Gasteiger partial charge in [-0.25, -0.2) is 4.68 Å². The van der Waals surface area contributed by atoms with Crippen LogP contribution in [0, 0.1) is 12.3 Å². The van der Waals surface area contributed by atoms with Gasteiger partial charge in [-0.3, -0.25) is 0 Å². The monoisotopic (exact) mass is 303 g/mol. The Hall–Kier alpha value is -1.56. The average Bonchev–Trinajstić information content (AvgIpc) is 2.95. The lowest BCUT2D eigenvalue weighted by molar-refractivity contribution is 0.305. The van der Waals surface area contributed by atoms with E-state index in [0.717, 1.165) is 11.3 Å². The first kappa shape index (κ1) is 14.4. The second kappa shape index (κ2) is 5.67. The fourth-order valence-corrected chi connectivity index (χ4v) is 4.26. The molecule has 0 spiro atoms. The molecule has 1 unspecified atom stereocenters. The first-order chi connectivity index (χ1) is 10.1. The van der Waals surface area contributed by atoms with Crippen LogP contribution in [-0.2, 0) is 0 Å². The maximum Gasteiger partial charge on any atom is 0.143 e. The lowest BCUT2D eigenvalue weighted by Crippen LogP contribution is -2.41. The SMILES string of the molecule is Cc1cc(NC2CSCCC2(C)C)ccc1-n1cnnn1. The Morgan fingerprint density at radius 2 is 2.24 bits per heavy atom. The molecule has 0 amide bonds. The number of hydrogen-bond acceptors (Lipinski definition) is 5. The molecule has 3 rings (SSSR count). The molecular weight excluding hydrogens is 282 g/mol. The van der Waals surface area contributed by atoms with E-state index in [9.17, 15) is 0 Å². The minimum absolute atomic E-state index is 0.341. The molecule has 2 heterocycles. The number of thioether (sulfide) groups is 1. The van der Waals surface area contributed by atoms with Crippen LogP contribution in [0.1, 0.15) is 25.8 Å². The number of rotatable bonds is 3. The average molecular weight is 303 g/mol. The lowest BCUT2D eigenvalue weighted by Gasteiger charge is -2.39. The molecule has 1 aromatic carbocycles. The van der Waals surface area contributed by atoms with Crippen LogP contribution in [0.3, 0.4) is 0 Å². The van der Waals surface area contributed by atoms with E-state index in [4.69, 9.17) is 0 Å². The molecule has 1 N–H and O–H groups in total. The summed E-state index contributed by atoms with van der Waals surface area (Å²) in [6, 6.07) is 6.86. The van der Waals surface area contributed by atoms with E-state index >= 15 is 0 Å². The van der Waals surface area contributed by atoms with E-state index < -0.39 is 0 Å². The van der Waals surface area contributed by atoms with Gasteiger partial charge in [-0.1, -0.05) is 13.8 Å². The van der Waals surface area contributed by atoms with Crippen LogP contribution < -0.4 is 5.32 Å². The van der Waals surface area contributed by atoms with Crippen molar-refractivity contribution in [2.45, 2.75) is 33.2 Å². The molecule has 1 aliphatic rings. The molecule has 21 heavy (non-hydrogen) atoms. The van der Waals surface area contributed by atoms with Crippen LogP contribution >= 0.6 is 11.8 Å². The zero-order chi connectivity index (χ0) is 14.9. The van der Waals surface area contributed by atoms with Gasteiger partial charge in [0.1, 0.15) is 6.33 Å². The number of hydrogen-bond donors (Lipinski definition) is 1. The second-order valence-corrected chi connectivity index (χ2v) is 7.42. The third-order valence-electron chi connectivity index (χ3n) is 4.25. The Bertz CT molecular complexity index is 609. The highest BCUT2D eigenvalue weighted by Gasteiger charge is 2.32. The Labute approximate surface area is 129 Å². The van der Waals surface area contributed by atoms with Crippen molar-refractivity contribution < 1.29 is 0 Å². The van der Waals surface area contributed by atoms with Crippen LogP contribution in [0.4, 0.5) is 5.69 Å². The largest absolute Gasteiger partial charge is 0.381 e. The van der Waals surface area contributed by atoms with Crippen molar-refractivity contribution in [3.8, 4) is 5.69 Å². The smallest absolute Gasteiger partial charge is 0.143 e. The Kier molecular flexibility index (Phi) is 3.89. The van der Waals surface area contributed by atoms with Gasteiger partial charge in [0.25, 0.3) is 0 Å². The van der Waals surface area contributed by atoms with Crippen LogP contribution in [-0.4, -0.2) is 37.8 Å². The van der Waals surface area contributed by atoms with Crippen LogP contribution in [0.2, 0.25) is 0 Å². The van der Waals surface area contributed by atoms with Crippen molar-refractivity contribution in [2.24, 2.45) is 5.41 Å². The summed E-state index contributed by atoms with van der Waals surface area (Å²) in [6.07, 6.45) is 2.88. The van der Waals surface area contributed by atoms with Gasteiger partial charge >= 0.3 is 0 Å². The molecule has 5 nitrogen and oxygen atoms in total. The highest BCUT2D eigenvalue weighted by molar-refractivity contribution is 7.99. The van der Waals surface area contributed by atoms with Crippen molar-refractivity contribution >= 4 is 17.4 Å². The van der Waals surface area contributed by atoms with Gasteiger partial charge in [-0.2, -0.15) is 11.8 Å². The molecule has 1 aliphatic heterocycles. The first-order valence-electron chi connectivity index (χ1n) is 7.24. The molecule has 2 aromatic rings. The van der Waals surface area contributed by atoms with Gasteiger partial charge < -0.3 is 5.32 Å². The molecular formula is C15H21N5S. The highest BCUT2D eigenvalue weighted by Crippen LogP contribution is 2.36. The minimum Gasteiger partial charge on any atom is -0.381 e. The number of nitrogens with one attached hydrogen (secondary N) is 1. The van der Waals surface area contributed by atoms with Crippen molar-refractivity contribution in [3.05, 3.63) is 30.1 Å². The summed E-state index contributed by atoms with van der Waals surface area (Å²) in [5.74, 6) is 2.43. The van der Waals surface area contributed by atoms with Crippen molar-refractivity contribution in [1.29, 1.82) is 0 Å². The van der Waals surface area contributed by atoms with Crippen molar-refractivity contribution in [1.82, 2.24) is 20.2 Å². The Morgan fingerprint density at radius 1 is 1.38 bits per heavy atom. The number of anilines is 1. The molecule has 0 aliphatic carbocycles. The summed E-state index contributed by atoms with van der Waals surface area (Å²) in [7, 11) is 0. The van der Waals surface area contributed by atoms with E-state index in [0.29, 0.717) is 11.5 Å². The molecule has 0 radical (unpaired) electrons. The third-order valence-corrected chi connectivity index (χ3v) is 5.31. The van der Waals surface area contributed by atoms with Crippen LogP contribution in [0.5, 0.6) is 0 Å². The van der Waals surface area contributed by atoms with E-state index in [2.05, 4.69) is 59.8 Å². The number of aromatic nitrogens is 4. The fourth-order valence-electron chi connectivity index (χ4n) is 2.65. The number of benzene rings is 1. The zero-order valence-electron chi connectivity index (χ0n) is 12.7. The standard InChI is InChI=1S/C15H21N5S/c1-11-8-12(4-5-13(11)20-10-16-18-19-20)17-14-9-21-7-6-15(14,2)3/h4-5,8,10,14,17H,6-7,9H2,1-3H3. The van der Waals surface area contributed by atoms with Gasteiger partial charge in [-0.05, 0) is 58.7 Å². The molecule has 1 fully saturated rings. The molecule has 1 atom stereocenters. The molecule has 112 valence electrons. The summed E-state index contributed by atoms with van der Waals surface area (Å²) in [6.45, 7) is 6.79. The van der Waals surface area contributed by atoms with Crippen molar-refractivity contribution in [2.75, 3.05) is 16.8 Å². The van der Waals surface area contributed by atoms with Gasteiger partial charge in [0, 0.05) is 17.5 Å². The van der Waals surface area contributed by atoms with E-state index in [1.807, 2.05) is 11.8 Å². The van der Waals surface area contributed by atoms with Gasteiger partial charge in [0.15, 0.2) is 0 Å². The zero-order valence-corrected chi connectivity index (χ0v) is 13.5. The topological polar surface area (TPSA) is 55.6 Å². The third kappa shape index (κ3) is 3.05. The number of aryl methyl sites for hydroxylation is 1. The van der Waals surface area contributed by atoms with Crippen molar-refractivity contribution in [3.63, 3.8) is 0 Å². The Morgan fingerprint density at radius 3 is 2.90 bits per heavy atom. The van der Waals surface area contributed by atoms with Gasteiger partial charge in [0.2, 0.25) is 0 Å². The lowest BCUT2D eigenvalue weighted by atomic mass is 9.82. The Balaban J connectivity index is 1.79.